The number of hydrogen-bond donors (Lipinski definition) is 2. The molecule has 0 saturated heterocycles. The predicted molar refractivity (Wildman–Crippen MR) is 114 cm³/mol. The Kier molecular flexibility index (Phi) is 6.47. The molecule has 0 fully saturated rings. The van der Waals surface area contributed by atoms with Crippen LogP contribution in [0.4, 0.5) is 10.1 Å². The number of fused-ring (bicyclic) bond motifs is 1. The van der Waals surface area contributed by atoms with Crippen LogP contribution in [0.1, 0.15) is 54.5 Å². The predicted octanol–water partition coefficient (Wildman–Crippen LogP) is 3.22. The number of primary amides is 1. The Hall–Kier alpha value is -2.45. The Bertz CT molecular complexity index is 935. The van der Waals surface area contributed by atoms with E-state index in [1.807, 2.05) is 4.68 Å². The van der Waals surface area contributed by atoms with Crippen LogP contribution in [0.15, 0.2) is 12.1 Å². The number of aromatic nitrogens is 2. The number of benzene rings is 1. The van der Waals surface area contributed by atoms with Crippen molar-refractivity contribution in [3.63, 3.8) is 0 Å². The Balaban J connectivity index is 2.09. The van der Waals surface area contributed by atoms with E-state index in [9.17, 15) is 9.18 Å². The van der Waals surface area contributed by atoms with Crippen LogP contribution in [0.25, 0.3) is 5.69 Å². The lowest BCUT2D eigenvalue weighted by atomic mass is 9.76. The van der Waals surface area contributed by atoms with Gasteiger partial charge in [-0.1, -0.05) is 20.8 Å². The molecule has 0 saturated carbocycles. The van der Waals surface area contributed by atoms with E-state index in [1.54, 1.807) is 6.07 Å². The van der Waals surface area contributed by atoms with Gasteiger partial charge in [0.1, 0.15) is 5.82 Å². The van der Waals surface area contributed by atoms with Gasteiger partial charge in [-0.3, -0.25) is 4.79 Å². The normalized spacial score (nSPS) is 15.3. The molecule has 1 amide bonds. The molecule has 1 heterocycles. The van der Waals surface area contributed by atoms with Crippen LogP contribution in [-0.2, 0) is 28.7 Å². The van der Waals surface area contributed by atoms with E-state index in [1.165, 1.54) is 25.8 Å². The molecule has 3 rings (SSSR count). The smallest absolute Gasteiger partial charge is 0.253 e. The van der Waals surface area contributed by atoms with Crippen LogP contribution in [0.3, 0.4) is 0 Å². The molecule has 0 unspecified atom stereocenters. The van der Waals surface area contributed by atoms with Crippen LogP contribution in [0.5, 0.6) is 0 Å². The van der Waals surface area contributed by atoms with Gasteiger partial charge in [0.15, 0.2) is 6.29 Å². The van der Waals surface area contributed by atoms with Gasteiger partial charge in [-0.05, 0) is 42.7 Å². The third-order valence-electron chi connectivity index (χ3n) is 5.76. The summed E-state index contributed by atoms with van der Waals surface area (Å²) >= 11 is 0. The zero-order valence-corrected chi connectivity index (χ0v) is 18.3. The molecule has 30 heavy (non-hydrogen) atoms. The first-order chi connectivity index (χ1) is 14.2. The fourth-order valence-electron chi connectivity index (χ4n) is 4.07. The number of anilines is 1. The summed E-state index contributed by atoms with van der Waals surface area (Å²) < 4.78 is 27.1. The van der Waals surface area contributed by atoms with Crippen LogP contribution in [-0.4, -0.2) is 42.7 Å². The monoisotopic (exact) mass is 418 g/mol. The lowest BCUT2D eigenvalue weighted by molar-refractivity contribution is -0.0914. The molecule has 0 aliphatic heterocycles. The lowest BCUT2D eigenvalue weighted by Gasteiger charge is -2.30. The summed E-state index contributed by atoms with van der Waals surface area (Å²) in [6.07, 6.45) is 3.17. The minimum atomic E-state index is -0.842. The maximum atomic E-state index is 15.0. The molecule has 3 N–H and O–H groups in total. The fraction of sp³-hybridized carbons (Fsp3) is 0.545. The van der Waals surface area contributed by atoms with Crippen molar-refractivity contribution in [1.29, 1.82) is 0 Å². The quantitative estimate of drug-likeness (QED) is 0.643. The van der Waals surface area contributed by atoms with Crippen LogP contribution >= 0.6 is 0 Å². The van der Waals surface area contributed by atoms with E-state index >= 15 is 0 Å². The van der Waals surface area contributed by atoms with Crippen molar-refractivity contribution in [1.82, 2.24) is 9.78 Å². The molecule has 1 aliphatic carbocycles. The standard InChI is InChI=1S/C22H31FN4O3/c1-6-16-14-7-8-22(2,3)11-18(14)27(26-16)13-9-15(23)20(21(24)28)17(10-13)25-12-19(29-4)30-5/h9-10,19,25H,6-8,11-12H2,1-5H3,(H2,24,28). The summed E-state index contributed by atoms with van der Waals surface area (Å²) in [6, 6.07) is 3.03. The van der Waals surface area contributed by atoms with Gasteiger partial charge in [0, 0.05) is 26.0 Å². The number of carbonyl (C=O) groups is 1. The highest BCUT2D eigenvalue weighted by Gasteiger charge is 2.31. The Morgan fingerprint density at radius 3 is 2.67 bits per heavy atom. The van der Waals surface area contributed by atoms with Crippen molar-refractivity contribution in [2.24, 2.45) is 11.1 Å². The maximum absolute atomic E-state index is 15.0. The summed E-state index contributed by atoms with van der Waals surface area (Å²) in [7, 11) is 3.01. The molecule has 8 heteroatoms. The van der Waals surface area contributed by atoms with Crippen LogP contribution in [0.2, 0.25) is 0 Å². The molecule has 7 nitrogen and oxygen atoms in total. The van der Waals surface area contributed by atoms with E-state index in [2.05, 4.69) is 26.1 Å². The van der Waals surface area contributed by atoms with E-state index in [-0.39, 0.29) is 23.2 Å². The van der Waals surface area contributed by atoms with Crippen molar-refractivity contribution in [3.8, 4) is 5.69 Å². The van der Waals surface area contributed by atoms with Gasteiger partial charge in [-0.15, -0.1) is 0 Å². The first kappa shape index (κ1) is 22.2. The van der Waals surface area contributed by atoms with E-state index in [4.69, 9.17) is 20.3 Å². The van der Waals surface area contributed by atoms with Crippen molar-refractivity contribution >= 4 is 11.6 Å². The molecular formula is C22H31FN4O3. The van der Waals surface area contributed by atoms with Crippen molar-refractivity contribution in [2.45, 2.75) is 52.7 Å². The molecule has 2 aromatic rings. The number of halogens is 1. The number of hydrogen-bond acceptors (Lipinski definition) is 5. The highest BCUT2D eigenvalue weighted by atomic mass is 19.1. The summed E-state index contributed by atoms with van der Waals surface area (Å²) in [6.45, 7) is 6.77. The number of nitrogens with zero attached hydrogens (tertiary/aromatic N) is 2. The molecule has 0 radical (unpaired) electrons. The van der Waals surface area contributed by atoms with Gasteiger partial charge in [-0.25, -0.2) is 9.07 Å². The van der Waals surface area contributed by atoms with Crippen molar-refractivity contribution in [3.05, 3.63) is 40.5 Å². The third-order valence-corrected chi connectivity index (χ3v) is 5.76. The number of methoxy groups -OCH3 is 2. The molecule has 1 aromatic carbocycles. The van der Waals surface area contributed by atoms with E-state index in [0.29, 0.717) is 5.69 Å². The van der Waals surface area contributed by atoms with Gasteiger partial charge in [0.2, 0.25) is 0 Å². The summed E-state index contributed by atoms with van der Waals surface area (Å²) in [5.41, 5.74) is 9.63. The molecular weight excluding hydrogens is 387 g/mol. The summed E-state index contributed by atoms with van der Waals surface area (Å²) in [5, 5.41) is 7.82. The van der Waals surface area contributed by atoms with Gasteiger partial charge < -0.3 is 20.5 Å². The first-order valence-electron chi connectivity index (χ1n) is 10.2. The number of rotatable bonds is 8. The molecule has 164 valence electrons. The topological polar surface area (TPSA) is 91.4 Å². The Morgan fingerprint density at radius 1 is 1.37 bits per heavy atom. The fourth-order valence-corrected chi connectivity index (χ4v) is 4.07. The second-order valence-corrected chi connectivity index (χ2v) is 8.47. The third kappa shape index (κ3) is 4.34. The van der Waals surface area contributed by atoms with Gasteiger partial charge in [-0.2, -0.15) is 5.10 Å². The van der Waals surface area contributed by atoms with Crippen molar-refractivity contribution < 1.29 is 18.7 Å². The largest absolute Gasteiger partial charge is 0.379 e. The average Bonchev–Trinajstić information content (AvgIpc) is 3.04. The van der Waals surface area contributed by atoms with Crippen LogP contribution < -0.4 is 11.1 Å². The second-order valence-electron chi connectivity index (χ2n) is 8.47. The molecule has 0 atom stereocenters. The van der Waals surface area contributed by atoms with E-state index in [0.717, 1.165) is 37.1 Å². The van der Waals surface area contributed by atoms with Crippen LogP contribution in [0, 0.1) is 11.2 Å². The number of ether oxygens (including phenoxy) is 2. The highest BCUT2D eigenvalue weighted by Crippen LogP contribution is 2.38. The molecule has 0 spiro atoms. The molecule has 1 aliphatic rings. The zero-order chi connectivity index (χ0) is 22.1. The maximum Gasteiger partial charge on any atom is 0.253 e. The number of amides is 1. The molecule has 0 bridgehead atoms. The zero-order valence-electron chi connectivity index (χ0n) is 18.3. The van der Waals surface area contributed by atoms with Crippen molar-refractivity contribution in [2.75, 3.05) is 26.1 Å². The minimum absolute atomic E-state index is 0.146. The summed E-state index contributed by atoms with van der Waals surface area (Å²) in [4.78, 5) is 11.9. The number of nitrogens with two attached hydrogens (primary N) is 1. The lowest BCUT2D eigenvalue weighted by Crippen LogP contribution is -2.26. The van der Waals surface area contributed by atoms with Gasteiger partial charge in [0.05, 0.1) is 29.2 Å². The Labute approximate surface area is 176 Å². The van der Waals surface area contributed by atoms with Gasteiger partial charge >= 0.3 is 0 Å². The molecule has 1 aromatic heterocycles. The highest BCUT2D eigenvalue weighted by molar-refractivity contribution is 5.99. The Morgan fingerprint density at radius 2 is 2.07 bits per heavy atom. The number of nitrogens with one attached hydrogen (secondary N) is 1. The second kappa shape index (κ2) is 8.73. The SMILES string of the molecule is CCc1nn(-c2cc(F)c(C(N)=O)c(NCC(OC)OC)c2)c2c1CCC(C)(C)C2. The van der Waals surface area contributed by atoms with E-state index < -0.39 is 18.0 Å². The minimum Gasteiger partial charge on any atom is -0.379 e. The number of carbonyl (C=O) groups excluding carboxylic acids is 1. The summed E-state index contributed by atoms with van der Waals surface area (Å²) in [5.74, 6) is -1.53. The van der Waals surface area contributed by atoms with Gasteiger partial charge in [0.25, 0.3) is 5.91 Å². The average molecular weight is 419 g/mol. The first-order valence-corrected chi connectivity index (χ1v) is 10.2. The number of aryl methyl sites for hydroxylation is 1.